The lowest BCUT2D eigenvalue weighted by Crippen LogP contribution is -2.50. The van der Waals surface area contributed by atoms with Crippen LogP contribution in [0.3, 0.4) is 0 Å². The van der Waals surface area contributed by atoms with Crippen molar-refractivity contribution in [2.75, 3.05) is 30.8 Å². The molecular weight excluding hydrogens is 580 g/mol. The molecule has 0 amide bonds. The van der Waals surface area contributed by atoms with Crippen molar-refractivity contribution in [2.45, 2.75) is 60.6 Å². The van der Waals surface area contributed by atoms with Gasteiger partial charge < -0.3 is 19.9 Å². The summed E-state index contributed by atoms with van der Waals surface area (Å²) in [6, 6.07) is 7.98. The van der Waals surface area contributed by atoms with Gasteiger partial charge in [-0.25, -0.2) is 14.4 Å². The zero-order valence-corrected chi connectivity index (χ0v) is 25.8. The second-order valence-electron chi connectivity index (χ2n) is 11.5. The van der Waals surface area contributed by atoms with E-state index >= 15 is 0 Å². The molecule has 0 saturated carbocycles. The number of nitrogens with zero attached hydrogens (tertiary/aromatic N) is 6. The van der Waals surface area contributed by atoms with Crippen LogP contribution in [0.5, 0.6) is 5.75 Å². The molecule has 1 aliphatic carbocycles. The number of ether oxygens (including phenoxy) is 1. The van der Waals surface area contributed by atoms with Crippen molar-refractivity contribution < 1.29 is 9.29 Å². The summed E-state index contributed by atoms with van der Waals surface area (Å²) in [6.07, 6.45) is 7.82. The number of piperidine rings is 1. The van der Waals surface area contributed by atoms with E-state index in [1.807, 2.05) is 49.6 Å². The molecule has 13 heteroatoms. The highest BCUT2D eigenvalue weighted by molar-refractivity contribution is 7.99. The van der Waals surface area contributed by atoms with E-state index in [1.54, 1.807) is 19.6 Å². The van der Waals surface area contributed by atoms with Crippen LogP contribution in [0, 0.1) is 5.41 Å². The quantitative estimate of drug-likeness (QED) is 0.291. The normalized spacial score (nSPS) is 19.1. The van der Waals surface area contributed by atoms with Gasteiger partial charge in [0.1, 0.15) is 22.6 Å². The Morgan fingerprint density at radius 1 is 1.20 bits per heavy atom. The molecule has 3 aromatic heterocycles. The van der Waals surface area contributed by atoms with Crippen LogP contribution < -0.4 is 20.1 Å². The SMILES string of the molecule is COc1cccc2c1CC1(CCN(c3ncc(Sc4ccnc(N)c4Cl)c4nncn34)CC1)[C@@H]2N[S+]([O-])C(C)(C)C. The standard InChI is InChI=1S/C28H33ClN8O2S2/c1-27(2,3)41(38)35-23-17-6-5-7-19(39-4)18(17)14-28(23)9-12-36(13-10-28)26-32-15-21(25-34-33-16-37(25)26)40-20-8-11-31-24(30)22(20)29/h5-8,11,15-16,23,35H,9-10,12-14H2,1-4H3,(H2,30,31)/t23-,41?/m1/s1. The van der Waals surface area contributed by atoms with Crippen LogP contribution >= 0.6 is 23.4 Å². The Morgan fingerprint density at radius 3 is 2.71 bits per heavy atom. The summed E-state index contributed by atoms with van der Waals surface area (Å²) >= 11 is 6.61. The summed E-state index contributed by atoms with van der Waals surface area (Å²) in [5, 5.41) is 8.98. The Bertz CT molecular complexity index is 1590. The molecule has 2 atom stereocenters. The first-order valence-electron chi connectivity index (χ1n) is 13.5. The zero-order chi connectivity index (χ0) is 28.9. The van der Waals surface area contributed by atoms with E-state index < -0.39 is 11.4 Å². The van der Waals surface area contributed by atoms with Crippen molar-refractivity contribution in [1.82, 2.24) is 29.3 Å². The summed E-state index contributed by atoms with van der Waals surface area (Å²) < 4.78 is 24.2. The highest BCUT2D eigenvalue weighted by atomic mass is 35.5. The molecule has 1 saturated heterocycles. The molecule has 4 heterocycles. The molecule has 10 nitrogen and oxygen atoms in total. The smallest absolute Gasteiger partial charge is 0.212 e. The number of anilines is 2. The van der Waals surface area contributed by atoms with Gasteiger partial charge in [0, 0.05) is 47.2 Å². The van der Waals surface area contributed by atoms with Crippen molar-refractivity contribution in [3.8, 4) is 5.75 Å². The average Bonchev–Trinajstić information content (AvgIpc) is 3.55. The second kappa shape index (κ2) is 10.8. The molecule has 4 aromatic rings. The molecule has 2 aliphatic rings. The van der Waals surface area contributed by atoms with Gasteiger partial charge in [-0.2, -0.15) is 0 Å². The minimum atomic E-state index is -1.21. The van der Waals surface area contributed by atoms with E-state index in [4.69, 9.17) is 27.1 Å². The van der Waals surface area contributed by atoms with Crippen molar-refractivity contribution in [3.05, 3.63) is 59.1 Å². The zero-order valence-electron chi connectivity index (χ0n) is 23.4. The Morgan fingerprint density at radius 2 is 1.98 bits per heavy atom. The number of nitrogen functional groups attached to an aromatic ring is 1. The maximum absolute atomic E-state index is 13.3. The Hall–Kier alpha value is -2.77. The second-order valence-corrected chi connectivity index (χ2v) is 15.0. The van der Waals surface area contributed by atoms with E-state index in [9.17, 15) is 4.55 Å². The number of nitrogens with two attached hydrogens (primary N) is 1. The van der Waals surface area contributed by atoms with Gasteiger partial charge in [-0.15, -0.1) is 14.9 Å². The summed E-state index contributed by atoms with van der Waals surface area (Å²) in [5.74, 6) is 1.97. The van der Waals surface area contributed by atoms with Crippen molar-refractivity contribution >= 4 is 52.1 Å². The van der Waals surface area contributed by atoms with Crippen LogP contribution in [0.1, 0.15) is 50.8 Å². The predicted molar refractivity (Wildman–Crippen MR) is 163 cm³/mol. The Kier molecular flexibility index (Phi) is 7.48. The number of aromatic nitrogens is 5. The largest absolute Gasteiger partial charge is 0.598 e. The lowest BCUT2D eigenvalue weighted by molar-refractivity contribution is 0.175. The third kappa shape index (κ3) is 5.10. The molecule has 1 aliphatic heterocycles. The fourth-order valence-corrected chi connectivity index (χ4v) is 7.91. The van der Waals surface area contributed by atoms with Crippen LogP contribution in [0.15, 0.2) is 52.8 Å². The molecule has 216 valence electrons. The summed E-state index contributed by atoms with van der Waals surface area (Å²) in [7, 11) is 1.72. The van der Waals surface area contributed by atoms with Gasteiger partial charge in [-0.05, 0) is 63.3 Å². The summed E-state index contributed by atoms with van der Waals surface area (Å²) in [5.41, 5.74) is 8.91. The number of methoxy groups -OCH3 is 1. The topological polar surface area (TPSA) is 130 Å². The van der Waals surface area contributed by atoms with E-state index in [0.29, 0.717) is 10.7 Å². The van der Waals surface area contributed by atoms with Crippen LogP contribution in [0.4, 0.5) is 11.8 Å². The maximum atomic E-state index is 13.3. The van der Waals surface area contributed by atoms with Crippen LogP contribution in [-0.4, -0.2) is 54.1 Å². The molecule has 41 heavy (non-hydrogen) atoms. The molecule has 1 fully saturated rings. The summed E-state index contributed by atoms with van der Waals surface area (Å²) in [6.45, 7) is 7.58. The molecule has 0 bridgehead atoms. The molecule has 1 unspecified atom stereocenters. The number of hydrogen-bond acceptors (Lipinski definition) is 10. The lowest BCUT2D eigenvalue weighted by atomic mass is 9.73. The minimum absolute atomic E-state index is 0.0333. The highest BCUT2D eigenvalue weighted by Gasteiger charge is 2.51. The number of rotatable bonds is 6. The number of benzene rings is 1. The molecule has 1 spiro atoms. The predicted octanol–water partition coefficient (Wildman–Crippen LogP) is 4.85. The number of nitrogens with one attached hydrogen (secondary N) is 1. The van der Waals surface area contributed by atoms with Gasteiger partial charge in [0.25, 0.3) is 0 Å². The number of fused-ring (bicyclic) bond motifs is 2. The van der Waals surface area contributed by atoms with Crippen molar-refractivity contribution in [1.29, 1.82) is 0 Å². The fraction of sp³-hybridized carbons (Fsp3) is 0.429. The first kappa shape index (κ1) is 28.4. The molecule has 6 rings (SSSR count). The van der Waals surface area contributed by atoms with Crippen LogP contribution in [0.25, 0.3) is 5.65 Å². The maximum Gasteiger partial charge on any atom is 0.212 e. The number of halogens is 1. The highest BCUT2D eigenvalue weighted by Crippen LogP contribution is 2.55. The average molecular weight is 613 g/mol. The first-order valence-corrected chi connectivity index (χ1v) is 15.8. The molecular formula is C28H33ClN8O2S2. The van der Waals surface area contributed by atoms with Gasteiger partial charge in [-0.1, -0.05) is 35.5 Å². The van der Waals surface area contributed by atoms with E-state index in [2.05, 4.69) is 30.9 Å². The van der Waals surface area contributed by atoms with Crippen LogP contribution in [-0.2, 0) is 17.8 Å². The Labute approximate surface area is 251 Å². The van der Waals surface area contributed by atoms with Gasteiger partial charge >= 0.3 is 0 Å². The fourth-order valence-electron chi connectivity index (χ4n) is 5.84. The first-order chi connectivity index (χ1) is 19.6. The minimum Gasteiger partial charge on any atom is -0.598 e. The Balaban J connectivity index is 1.27. The van der Waals surface area contributed by atoms with E-state index in [0.717, 1.165) is 53.8 Å². The van der Waals surface area contributed by atoms with Gasteiger partial charge in [0.05, 0.1) is 23.1 Å². The van der Waals surface area contributed by atoms with Gasteiger partial charge in [-0.3, -0.25) is 0 Å². The van der Waals surface area contributed by atoms with Crippen molar-refractivity contribution in [3.63, 3.8) is 0 Å². The van der Waals surface area contributed by atoms with Crippen LogP contribution in [0.2, 0.25) is 5.02 Å². The monoisotopic (exact) mass is 612 g/mol. The number of hydrogen-bond donors (Lipinski definition) is 2. The lowest BCUT2D eigenvalue weighted by Gasteiger charge is -2.44. The number of pyridine rings is 1. The molecule has 3 N–H and O–H groups in total. The third-order valence-corrected chi connectivity index (χ3v) is 11.2. The third-order valence-electron chi connectivity index (χ3n) is 8.05. The van der Waals surface area contributed by atoms with Gasteiger partial charge in [0.2, 0.25) is 5.95 Å². The van der Waals surface area contributed by atoms with Crippen molar-refractivity contribution in [2.24, 2.45) is 5.41 Å². The molecule has 1 aromatic carbocycles. The van der Waals surface area contributed by atoms with Gasteiger partial charge in [0.15, 0.2) is 5.65 Å². The molecule has 0 radical (unpaired) electrons. The summed E-state index contributed by atoms with van der Waals surface area (Å²) in [4.78, 5) is 12.8. The van der Waals surface area contributed by atoms with E-state index in [-0.39, 0.29) is 22.0 Å². The van der Waals surface area contributed by atoms with E-state index in [1.165, 1.54) is 22.9 Å².